The Labute approximate surface area is 183 Å². The number of ether oxygens (including phenoxy) is 1. The minimum Gasteiger partial charge on any atom is -0.462 e. The molecule has 1 atom stereocenters. The largest absolute Gasteiger partial charge is 0.462 e. The Morgan fingerprint density at radius 1 is 1.03 bits per heavy atom. The van der Waals surface area contributed by atoms with Crippen LogP contribution >= 0.6 is 0 Å². The summed E-state index contributed by atoms with van der Waals surface area (Å²) in [6, 6.07) is 12.7. The van der Waals surface area contributed by atoms with Crippen LogP contribution in [0.1, 0.15) is 43.1 Å². The highest BCUT2D eigenvalue weighted by molar-refractivity contribution is 7.86. The van der Waals surface area contributed by atoms with Crippen molar-refractivity contribution in [3.63, 3.8) is 0 Å². The molecule has 0 saturated carbocycles. The lowest BCUT2D eigenvalue weighted by atomic mass is 10.1. The summed E-state index contributed by atoms with van der Waals surface area (Å²) >= 11 is 0. The van der Waals surface area contributed by atoms with Gasteiger partial charge in [0.2, 0.25) is 0 Å². The van der Waals surface area contributed by atoms with Gasteiger partial charge in [0.15, 0.2) is 0 Å². The van der Waals surface area contributed by atoms with Gasteiger partial charge in [-0.1, -0.05) is 19.1 Å². The van der Waals surface area contributed by atoms with E-state index in [0.717, 1.165) is 18.2 Å². The molecule has 2 rings (SSSR count). The normalized spacial score (nSPS) is 12.0. The number of benzene rings is 2. The SMILES string of the molecule is CCOC(=O)c1ccc(NC(=O)N(Cc2ccc(OS(C)(=O)=O)cc2)C(C)CC)cc1. The second-order valence-corrected chi connectivity index (χ2v) is 8.62. The van der Waals surface area contributed by atoms with Crippen LogP contribution in [0.5, 0.6) is 5.75 Å². The van der Waals surface area contributed by atoms with Crippen LogP contribution in [0.3, 0.4) is 0 Å². The number of amides is 2. The highest BCUT2D eigenvalue weighted by Crippen LogP contribution is 2.18. The molecule has 0 spiro atoms. The standard InChI is InChI=1S/C22H28N2O6S/c1-5-16(3)24(15-17-7-13-20(14-8-17)30-31(4,27)28)22(26)23-19-11-9-18(10-12-19)21(25)29-6-2/h7-14,16H,5-6,15H2,1-4H3,(H,23,26). The van der Waals surface area contributed by atoms with E-state index >= 15 is 0 Å². The van der Waals surface area contributed by atoms with Crippen LogP contribution in [0.25, 0.3) is 0 Å². The molecule has 0 saturated heterocycles. The molecule has 0 heterocycles. The Balaban J connectivity index is 2.09. The number of carbonyl (C=O) groups is 2. The molecule has 0 aliphatic rings. The summed E-state index contributed by atoms with van der Waals surface area (Å²) in [7, 11) is -3.59. The fourth-order valence-corrected chi connectivity index (χ4v) is 3.23. The van der Waals surface area contributed by atoms with Gasteiger partial charge in [0.25, 0.3) is 0 Å². The molecule has 9 heteroatoms. The molecule has 31 heavy (non-hydrogen) atoms. The highest BCUT2D eigenvalue weighted by atomic mass is 32.2. The van der Waals surface area contributed by atoms with Crippen LogP contribution in [-0.2, 0) is 21.4 Å². The number of hydrogen-bond donors (Lipinski definition) is 1. The van der Waals surface area contributed by atoms with Crippen LogP contribution in [0.15, 0.2) is 48.5 Å². The van der Waals surface area contributed by atoms with Crippen molar-refractivity contribution >= 4 is 27.8 Å². The van der Waals surface area contributed by atoms with Gasteiger partial charge in [-0.3, -0.25) is 0 Å². The summed E-state index contributed by atoms with van der Waals surface area (Å²) in [6.07, 6.45) is 1.74. The number of carbonyl (C=O) groups excluding carboxylic acids is 2. The molecule has 168 valence electrons. The Hall–Kier alpha value is -3.07. The first-order chi connectivity index (χ1) is 14.6. The van der Waals surface area contributed by atoms with E-state index in [-0.39, 0.29) is 17.8 Å². The van der Waals surface area contributed by atoms with Crippen molar-refractivity contribution in [1.29, 1.82) is 0 Å². The van der Waals surface area contributed by atoms with Crippen LogP contribution in [-0.4, -0.2) is 44.2 Å². The first-order valence-electron chi connectivity index (χ1n) is 9.96. The smallest absolute Gasteiger partial charge is 0.338 e. The minimum atomic E-state index is -3.59. The third-order valence-electron chi connectivity index (χ3n) is 4.55. The summed E-state index contributed by atoms with van der Waals surface area (Å²) in [5, 5.41) is 2.85. The summed E-state index contributed by atoms with van der Waals surface area (Å²) in [4.78, 5) is 26.4. The molecule has 2 amide bonds. The molecule has 1 N–H and O–H groups in total. The average Bonchev–Trinajstić information content (AvgIpc) is 2.72. The van der Waals surface area contributed by atoms with Crippen molar-refractivity contribution in [2.45, 2.75) is 39.8 Å². The first kappa shape index (κ1) is 24.2. The topological polar surface area (TPSA) is 102 Å². The number of rotatable bonds is 9. The summed E-state index contributed by atoms with van der Waals surface area (Å²) in [5.74, 6) is -0.197. The van der Waals surface area contributed by atoms with E-state index in [1.165, 1.54) is 0 Å². The van der Waals surface area contributed by atoms with Gasteiger partial charge in [-0.2, -0.15) is 8.42 Å². The van der Waals surface area contributed by atoms with Gasteiger partial charge in [-0.05, 0) is 62.2 Å². The van der Waals surface area contributed by atoms with Gasteiger partial charge in [-0.25, -0.2) is 9.59 Å². The lowest BCUT2D eigenvalue weighted by molar-refractivity contribution is 0.0526. The molecule has 0 aliphatic heterocycles. The third kappa shape index (κ3) is 7.60. The number of anilines is 1. The van der Waals surface area contributed by atoms with Crippen LogP contribution < -0.4 is 9.50 Å². The predicted molar refractivity (Wildman–Crippen MR) is 119 cm³/mol. The molecular weight excluding hydrogens is 420 g/mol. The van der Waals surface area contributed by atoms with Gasteiger partial charge in [0.1, 0.15) is 5.75 Å². The van der Waals surface area contributed by atoms with Crippen LogP contribution in [0, 0.1) is 0 Å². The quantitative estimate of drug-likeness (QED) is 0.459. The molecule has 1 unspecified atom stereocenters. The zero-order valence-electron chi connectivity index (χ0n) is 18.1. The number of urea groups is 1. The second-order valence-electron chi connectivity index (χ2n) is 7.04. The van der Waals surface area contributed by atoms with E-state index in [4.69, 9.17) is 8.92 Å². The van der Waals surface area contributed by atoms with Gasteiger partial charge >= 0.3 is 22.1 Å². The van der Waals surface area contributed by atoms with Crippen LogP contribution in [0.4, 0.5) is 10.5 Å². The zero-order chi connectivity index (χ0) is 23.0. The Kier molecular flexibility index (Phi) is 8.44. The Morgan fingerprint density at radius 3 is 2.16 bits per heavy atom. The molecule has 0 radical (unpaired) electrons. The van der Waals surface area contributed by atoms with E-state index in [2.05, 4.69) is 5.32 Å². The lowest BCUT2D eigenvalue weighted by Crippen LogP contribution is -2.40. The highest BCUT2D eigenvalue weighted by Gasteiger charge is 2.20. The summed E-state index contributed by atoms with van der Waals surface area (Å²) in [5.41, 5.74) is 1.80. The fraction of sp³-hybridized carbons (Fsp3) is 0.364. The lowest BCUT2D eigenvalue weighted by Gasteiger charge is -2.29. The van der Waals surface area contributed by atoms with Crippen molar-refractivity contribution < 1.29 is 26.9 Å². The van der Waals surface area contributed by atoms with Crippen molar-refractivity contribution in [2.75, 3.05) is 18.2 Å². The molecule has 0 bridgehead atoms. The van der Waals surface area contributed by atoms with Gasteiger partial charge in [-0.15, -0.1) is 0 Å². The minimum absolute atomic E-state index is 0.0363. The maximum atomic E-state index is 12.9. The molecule has 8 nitrogen and oxygen atoms in total. The average molecular weight is 449 g/mol. The number of nitrogens with zero attached hydrogens (tertiary/aromatic N) is 1. The monoisotopic (exact) mass is 448 g/mol. The fourth-order valence-electron chi connectivity index (χ4n) is 2.77. The van der Waals surface area contributed by atoms with Crippen LogP contribution in [0.2, 0.25) is 0 Å². The summed E-state index contributed by atoms with van der Waals surface area (Å²) < 4.78 is 32.3. The van der Waals surface area contributed by atoms with E-state index in [1.54, 1.807) is 60.4 Å². The third-order valence-corrected chi connectivity index (χ3v) is 5.05. The van der Waals surface area contributed by atoms with Crippen molar-refractivity contribution in [3.8, 4) is 5.75 Å². The summed E-state index contributed by atoms with van der Waals surface area (Å²) in [6.45, 7) is 6.30. The molecule has 0 aliphatic carbocycles. The van der Waals surface area contributed by atoms with Gasteiger partial charge < -0.3 is 19.1 Å². The molecule has 2 aromatic rings. The van der Waals surface area contributed by atoms with E-state index in [9.17, 15) is 18.0 Å². The maximum absolute atomic E-state index is 12.9. The Bertz CT molecular complexity index is 988. The Morgan fingerprint density at radius 2 is 1.65 bits per heavy atom. The molecular formula is C22H28N2O6S. The van der Waals surface area contributed by atoms with Gasteiger partial charge in [0, 0.05) is 18.3 Å². The van der Waals surface area contributed by atoms with Crippen molar-refractivity contribution in [2.24, 2.45) is 0 Å². The zero-order valence-corrected chi connectivity index (χ0v) is 18.9. The number of nitrogens with one attached hydrogen (secondary N) is 1. The maximum Gasteiger partial charge on any atom is 0.338 e. The molecule has 0 fully saturated rings. The number of hydrogen-bond acceptors (Lipinski definition) is 6. The molecule has 2 aromatic carbocycles. The predicted octanol–water partition coefficient (Wildman–Crippen LogP) is 4.03. The first-order valence-corrected chi connectivity index (χ1v) is 11.8. The molecule has 0 aromatic heterocycles. The van der Waals surface area contributed by atoms with Crippen molar-refractivity contribution in [1.82, 2.24) is 4.90 Å². The van der Waals surface area contributed by atoms with E-state index in [0.29, 0.717) is 24.4 Å². The van der Waals surface area contributed by atoms with Crippen molar-refractivity contribution in [3.05, 3.63) is 59.7 Å². The number of esters is 1. The second kappa shape index (κ2) is 10.8. The van der Waals surface area contributed by atoms with E-state index in [1.807, 2.05) is 13.8 Å². The van der Waals surface area contributed by atoms with Gasteiger partial charge in [0.05, 0.1) is 18.4 Å². The van der Waals surface area contributed by atoms with E-state index < -0.39 is 16.1 Å².